The fourth-order valence-electron chi connectivity index (χ4n) is 4.17. The van der Waals surface area contributed by atoms with Crippen LogP contribution in [-0.4, -0.2) is 28.2 Å². The minimum absolute atomic E-state index is 0.766. The van der Waals surface area contributed by atoms with Crippen LogP contribution in [0.5, 0.6) is 5.75 Å². The number of fused-ring (bicyclic) bond motifs is 1. The number of aromatic nitrogens is 3. The Kier molecular flexibility index (Phi) is 5.77. The highest BCUT2D eigenvalue weighted by atomic mass is 16.5. The molecule has 5 aromatic rings. The van der Waals surface area contributed by atoms with Crippen LogP contribution in [0.15, 0.2) is 91.4 Å². The van der Waals surface area contributed by atoms with Crippen LogP contribution >= 0.6 is 0 Å². The standard InChI is InChI=1S/C28H26N4O/c1-20-8-6-7-11-25(20)32-18-24(22-9-4-3-5-10-22)26-27(30-19-31-28(26)32)29-17-16-21-12-14-23(33-2)15-13-21/h3-15,18-19H,16-17H2,1-2H3,(H,29,30,31). The summed E-state index contributed by atoms with van der Waals surface area (Å²) >= 11 is 0. The summed E-state index contributed by atoms with van der Waals surface area (Å²) < 4.78 is 7.43. The second-order valence-electron chi connectivity index (χ2n) is 8.01. The number of hydrogen-bond donors (Lipinski definition) is 1. The summed E-state index contributed by atoms with van der Waals surface area (Å²) in [5.41, 5.74) is 6.71. The second kappa shape index (κ2) is 9.17. The summed E-state index contributed by atoms with van der Waals surface area (Å²) in [6, 6.07) is 27.0. The molecule has 0 fully saturated rings. The van der Waals surface area contributed by atoms with Crippen LogP contribution in [0.4, 0.5) is 5.82 Å². The molecular weight excluding hydrogens is 408 g/mol. The van der Waals surface area contributed by atoms with Gasteiger partial charge in [-0.3, -0.25) is 0 Å². The van der Waals surface area contributed by atoms with E-state index < -0.39 is 0 Å². The van der Waals surface area contributed by atoms with Crippen molar-refractivity contribution in [3.63, 3.8) is 0 Å². The number of anilines is 1. The SMILES string of the molecule is COc1ccc(CCNc2ncnc3c2c(-c2ccccc2)cn3-c2ccccc2C)cc1. The van der Waals surface area contributed by atoms with Crippen molar-refractivity contribution in [3.8, 4) is 22.6 Å². The predicted molar refractivity (Wildman–Crippen MR) is 134 cm³/mol. The molecule has 0 radical (unpaired) electrons. The third-order valence-electron chi connectivity index (χ3n) is 5.91. The van der Waals surface area contributed by atoms with E-state index in [0.29, 0.717) is 0 Å². The molecule has 0 spiro atoms. The number of rotatable bonds is 7. The van der Waals surface area contributed by atoms with Gasteiger partial charge in [-0.1, -0.05) is 60.7 Å². The van der Waals surface area contributed by atoms with Crippen LogP contribution in [0.2, 0.25) is 0 Å². The maximum absolute atomic E-state index is 5.26. The number of nitrogens with zero attached hydrogens (tertiary/aromatic N) is 3. The summed E-state index contributed by atoms with van der Waals surface area (Å²) in [5, 5.41) is 4.59. The molecule has 0 atom stereocenters. The molecule has 0 aliphatic rings. The molecular formula is C28H26N4O. The Morgan fingerprint density at radius 3 is 2.39 bits per heavy atom. The summed E-state index contributed by atoms with van der Waals surface area (Å²) in [6.07, 6.45) is 4.70. The predicted octanol–water partition coefficient (Wildman–Crippen LogP) is 6.06. The Labute approximate surface area is 193 Å². The van der Waals surface area contributed by atoms with Crippen molar-refractivity contribution in [1.29, 1.82) is 0 Å². The summed E-state index contributed by atoms with van der Waals surface area (Å²) in [7, 11) is 1.68. The molecule has 33 heavy (non-hydrogen) atoms. The number of para-hydroxylation sites is 1. The average Bonchev–Trinajstić information content (AvgIpc) is 3.26. The van der Waals surface area contributed by atoms with E-state index >= 15 is 0 Å². The fraction of sp³-hybridized carbons (Fsp3) is 0.143. The third-order valence-corrected chi connectivity index (χ3v) is 5.91. The molecule has 0 bridgehead atoms. The quantitative estimate of drug-likeness (QED) is 0.338. The Morgan fingerprint density at radius 2 is 1.64 bits per heavy atom. The van der Waals surface area contributed by atoms with Crippen molar-refractivity contribution < 1.29 is 4.74 Å². The molecule has 2 heterocycles. The van der Waals surface area contributed by atoms with E-state index in [1.807, 2.05) is 18.2 Å². The monoisotopic (exact) mass is 434 g/mol. The molecule has 0 aliphatic heterocycles. The molecule has 2 aromatic heterocycles. The zero-order valence-corrected chi connectivity index (χ0v) is 18.8. The van der Waals surface area contributed by atoms with Gasteiger partial charge in [-0.05, 0) is 48.2 Å². The molecule has 5 heteroatoms. The fourth-order valence-corrected chi connectivity index (χ4v) is 4.17. The zero-order chi connectivity index (χ0) is 22.6. The van der Waals surface area contributed by atoms with Crippen LogP contribution in [0.25, 0.3) is 27.8 Å². The first-order valence-corrected chi connectivity index (χ1v) is 11.1. The summed E-state index contributed by atoms with van der Waals surface area (Å²) in [5.74, 6) is 1.72. The highest BCUT2D eigenvalue weighted by Gasteiger charge is 2.17. The van der Waals surface area contributed by atoms with Gasteiger partial charge in [0.05, 0.1) is 12.5 Å². The molecule has 0 saturated carbocycles. The largest absolute Gasteiger partial charge is 0.497 e. The lowest BCUT2D eigenvalue weighted by atomic mass is 10.1. The van der Waals surface area contributed by atoms with Crippen molar-refractivity contribution in [1.82, 2.24) is 14.5 Å². The molecule has 5 rings (SSSR count). The molecule has 164 valence electrons. The van der Waals surface area contributed by atoms with Crippen LogP contribution < -0.4 is 10.1 Å². The maximum Gasteiger partial charge on any atom is 0.150 e. The summed E-state index contributed by atoms with van der Waals surface area (Å²) in [6.45, 7) is 2.89. The van der Waals surface area contributed by atoms with Gasteiger partial charge < -0.3 is 14.6 Å². The van der Waals surface area contributed by atoms with Gasteiger partial charge in [0, 0.05) is 24.0 Å². The Morgan fingerprint density at radius 1 is 0.879 bits per heavy atom. The van der Waals surface area contributed by atoms with Crippen molar-refractivity contribution in [2.24, 2.45) is 0 Å². The molecule has 3 aromatic carbocycles. The van der Waals surface area contributed by atoms with Gasteiger partial charge in [0.2, 0.25) is 0 Å². The minimum Gasteiger partial charge on any atom is -0.497 e. The second-order valence-corrected chi connectivity index (χ2v) is 8.01. The molecule has 0 unspecified atom stereocenters. The highest BCUT2D eigenvalue weighted by molar-refractivity contribution is 6.02. The van der Waals surface area contributed by atoms with Crippen LogP contribution in [-0.2, 0) is 6.42 Å². The van der Waals surface area contributed by atoms with Crippen LogP contribution in [0, 0.1) is 6.92 Å². The topological polar surface area (TPSA) is 52.0 Å². The van der Waals surface area contributed by atoms with Crippen molar-refractivity contribution in [2.45, 2.75) is 13.3 Å². The average molecular weight is 435 g/mol. The van der Waals surface area contributed by atoms with Gasteiger partial charge in [-0.15, -0.1) is 0 Å². The molecule has 5 nitrogen and oxygen atoms in total. The van der Waals surface area contributed by atoms with E-state index in [9.17, 15) is 0 Å². The third kappa shape index (κ3) is 4.17. The first kappa shape index (κ1) is 20.8. The molecule has 0 aliphatic carbocycles. The Bertz CT molecular complexity index is 1370. The van der Waals surface area contributed by atoms with Crippen molar-refractivity contribution >= 4 is 16.9 Å². The first-order chi connectivity index (χ1) is 16.2. The molecule has 0 saturated heterocycles. The van der Waals surface area contributed by atoms with Gasteiger partial charge in [-0.25, -0.2) is 9.97 Å². The first-order valence-electron chi connectivity index (χ1n) is 11.1. The maximum atomic E-state index is 5.26. The summed E-state index contributed by atoms with van der Waals surface area (Å²) in [4.78, 5) is 9.31. The normalized spacial score (nSPS) is 11.0. The smallest absolute Gasteiger partial charge is 0.150 e. The highest BCUT2D eigenvalue weighted by Crippen LogP contribution is 2.35. The van der Waals surface area contributed by atoms with Crippen molar-refractivity contribution in [3.05, 3.63) is 103 Å². The molecule has 0 amide bonds. The van der Waals surface area contributed by atoms with Crippen LogP contribution in [0.3, 0.4) is 0 Å². The van der Waals surface area contributed by atoms with E-state index in [0.717, 1.165) is 52.4 Å². The van der Waals surface area contributed by atoms with Gasteiger partial charge in [0.25, 0.3) is 0 Å². The zero-order valence-electron chi connectivity index (χ0n) is 18.8. The lowest BCUT2D eigenvalue weighted by Crippen LogP contribution is -2.07. The number of nitrogens with one attached hydrogen (secondary N) is 1. The lowest BCUT2D eigenvalue weighted by Gasteiger charge is -2.10. The van der Waals surface area contributed by atoms with E-state index in [-0.39, 0.29) is 0 Å². The Hall–Kier alpha value is -4.12. The van der Waals surface area contributed by atoms with E-state index in [2.05, 4.69) is 93.6 Å². The lowest BCUT2D eigenvalue weighted by molar-refractivity contribution is 0.414. The number of methoxy groups -OCH3 is 1. The number of benzene rings is 3. The van der Waals surface area contributed by atoms with Crippen LogP contribution in [0.1, 0.15) is 11.1 Å². The van der Waals surface area contributed by atoms with Gasteiger partial charge in [0.1, 0.15) is 17.9 Å². The number of aryl methyl sites for hydroxylation is 1. The van der Waals surface area contributed by atoms with Gasteiger partial charge >= 0.3 is 0 Å². The van der Waals surface area contributed by atoms with E-state index in [1.54, 1.807) is 13.4 Å². The number of hydrogen-bond acceptors (Lipinski definition) is 4. The van der Waals surface area contributed by atoms with E-state index in [4.69, 9.17) is 4.74 Å². The van der Waals surface area contributed by atoms with Gasteiger partial charge in [0.15, 0.2) is 5.65 Å². The minimum atomic E-state index is 0.766. The van der Waals surface area contributed by atoms with E-state index in [1.165, 1.54) is 11.1 Å². The Balaban J connectivity index is 1.54. The molecule has 1 N–H and O–H groups in total. The van der Waals surface area contributed by atoms with Gasteiger partial charge in [-0.2, -0.15) is 0 Å². The number of ether oxygens (including phenoxy) is 1. The van der Waals surface area contributed by atoms with Crippen molar-refractivity contribution in [2.75, 3.05) is 19.0 Å².